The molecular weight excluding hydrogens is 589 g/mol. The van der Waals surface area contributed by atoms with Crippen molar-refractivity contribution in [3.63, 3.8) is 0 Å². The highest BCUT2D eigenvalue weighted by molar-refractivity contribution is 7.92. The number of aryl methyl sites for hydroxylation is 1. The minimum atomic E-state index is -4.19. The molecule has 2 amide bonds. The fraction of sp³-hybridized carbons (Fsp3) is 0.278. The molecule has 0 aliphatic heterocycles. The lowest BCUT2D eigenvalue weighted by atomic mass is 10.0. The Bertz CT molecular complexity index is 1710. The number of anilines is 1. The highest BCUT2D eigenvalue weighted by Gasteiger charge is 2.36. The van der Waals surface area contributed by atoms with Crippen LogP contribution in [0.5, 0.6) is 0 Å². The first-order valence-electron chi connectivity index (χ1n) is 15.2. The number of carbonyl (C=O) groups excluding carboxylic acids is 2. The van der Waals surface area contributed by atoms with Crippen LogP contribution in [0.1, 0.15) is 42.4 Å². The van der Waals surface area contributed by atoms with E-state index in [1.54, 1.807) is 54.6 Å². The van der Waals surface area contributed by atoms with Crippen molar-refractivity contribution in [3.05, 3.63) is 132 Å². The SMILES string of the molecule is Cc1cccc(N(CC(=O)N(Cc2ccccc2F)C(Cc2ccccc2)C(=O)NC2CCCC2)S(=O)(=O)c2ccccc2)c1. The summed E-state index contributed by atoms with van der Waals surface area (Å²) in [6.07, 6.45) is 3.89. The van der Waals surface area contributed by atoms with Crippen LogP contribution in [0.4, 0.5) is 10.1 Å². The zero-order chi connectivity index (χ0) is 31.8. The molecule has 1 aliphatic rings. The van der Waals surface area contributed by atoms with Crippen LogP contribution in [0.2, 0.25) is 0 Å². The Hall–Kier alpha value is -4.50. The second-order valence-electron chi connectivity index (χ2n) is 11.5. The largest absolute Gasteiger partial charge is 0.352 e. The van der Waals surface area contributed by atoms with Gasteiger partial charge in [-0.05, 0) is 61.2 Å². The Balaban J connectivity index is 1.57. The molecule has 7 nitrogen and oxygen atoms in total. The van der Waals surface area contributed by atoms with Crippen LogP contribution in [0.15, 0.2) is 114 Å². The minimum absolute atomic E-state index is 0.0107. The highest BCUT2D eigenvalue weighted by atomic mass is 32.2. The van der Waals surface area contributed by atoms with Gasteiger partial charge in [-0.1, -0.05) is 91.7 Å². The molecule has 1 fully saturated rings. The van der Waals surface area contributed by atoms with Crippen LogP contribution >= 0.6 is 0 Å². The van der Waals surface area contributed by atoms with Crippen LogP contribution in [0, 0.1) is 12.7 Å². The van der Waals surface area contributed by atoms with Gasteiger partial charge in [0.2, 0.25) is 11.8 Å². The Morgan fingerprint density at radius 3 is 2.18 bits per heavy atom. The molecule has 0 heterocycles. The summed E-state index contributed by atoms with van der Waals surface area (Å²) >= 11 is 0. The molecule has 1 atom stereocenters. The third-order valence-corrected chi connectivity index (χ3v) is 9.96. The first-order chi connectivity index (χ1) is 21.7. The van der Waals surface area contributed by atoms with E-state index in [0.29, 0.717) is 5.69 Å². The number of carbonyl (C=O) groups is 2. The molecule has 0 aromatic heterocycles. The maximum Gasteiger partial charge on any atom is 0.264 e. The lowest BCUT2D eigenvalue weighted by molar-refractivity contribution is -0.140. The maximum absolute atomic E-state index is 15.1. The van der Waals surface area contributed by atoms with Gasteiger partial charge in [0.15, 0.2) is 0 Å². The Morgan fingerprint density at radius 2 is 1.51 bits per heavy atom. The summed E-state index contributed by atoms with van der Waals surface area (Å²) in [5, 5.41) is 3.13. The van der Waals surface area contributed by atoms with E-state index < -0.39 is 34.3 Å². The second-order valence-corrected chi connectivity index (χ2v) is 13.3. The lowest BCUT2D eigenvalue weighted by Gasteiger charge is -2.34. The summed E-state index contributed by atoms with van der Waals surface area (Å²) in [4.78, 5) is 29.9. The number of hydrogen-bond donors (Lipinski definition) is 1. The van der Waals surface area contributed by atoms with Crippen LogP contribution in [-0.2, 0) is 32.6 Å². The molecule has 9 heteroatoms. The van der Waals surface area contributed by atoms with E-state index in [1.807, 2.05) is 43.3 Å². The summed E-state index contributed by atoms with van der Waals surface area (Å²) < 4.78 is 44.3. The molecule has 0 saturated heterocycles. The standard InChI is InChI=1S/C36H38FN3O4S/c1-27-13-12-19-31(23-27)40(45(43,44)32-20-6-3-7-21-32)26-35(41)39(25-29-16-8-11-22-33(29)37)34(24-28-14-4-2-5-15-28)36(42)38-30-17-9-10-18-30/h2-8,11-16,19-23,30,34H,9-10,17-18,24-26H2,1H3,(H,38,42). The fourth-order valence-corrected chi connectivity index (χ4v) is 7.19. The molecule has 0 bridgehead atoms. The summed E-state index contributed by atoms with van der Waals surface area (Å²) in [5.74, 6) is -1.48. The molecule has 45 heavy (non-hydrogen) atoms. The molecule has 1 unspecified atom stereocenters. The molecule has 0 radical (unpaired) electrons. The summed E-state index contributed by atoms with van der Waals surface area (Å²) in [6, 6.07) is 29.2. The number of amides is 2. The van der Waals surface area contributed by atoms with Crippen molar-refractivity contribution in [1.82, 2.24) is 10.2 Å². The summed E-state index contributed by atoms with van der Waals surface area (Å²) in [6.45, 7) is 1.04. The predicted molar refractivity (Wildman–Crippen MR) is 173 cm³/mol. The third kappa shape index (κ3) is 7.97. The van der Waals surface area contributed by atoms with E-state index in [2.05, 4.69) is 5.32 Å². The van der Waals surface area contributed by atoms with Gasteiger partial charge in [0.05, 0.1) is 10.6 Å². The Morgan fingerprint density at radius 1 is 0.867 bits per heavy atom. The van der Waals surface area contributed by atoms with Crippen LogP contribution in [-0.4, -0.2) is 43.8 Å². The average Bonchev–Trinajstić information content (AvgIpc) is 3.56. The zero-order valence-corrected chi connectivity index (χ0v) is 26.1. The van der Waals surface area contributed by atoms with Crippen molar-refractivity contribution in [1.29, 1.82) is 0 Å². The lowest BCUT2D eigenvalue weighted by Crippen LogP contribution is -2.54. The van der Waals surface area contributed by atoms with Crippen molar-refractivity contribution < 1.29 is 22.4 Å². The minimum Gasteiger partial charge on any atom is -0.352 e. The number of benzene rings is 4. The number of halogens is 1. The predicted octanol–water partition coefficient (Wildman–Crippen LogP) is 6.03. The first-order valence-corrected chi connectivity index (χ1v) is 16.7. The van der Waals surface area contributed by atoms with E-state index in [1.165, 1.54) is 23.1 Å². The topological polar surface area (TPSA) is 86.8 Å². The van der Waals surface area contributed by atoms with Crippen molar-refractivity contribution in [2.75, 3.05) is 10.8 Å². The number of nitrogens with one attached hydrogen (secondary N) is 1. The number of sulfonamides is 1. The summed E-state index contributed by atoms with van der Waals surface area (Å²) in [5.41, 5.74) is 2.18. The summed E-state index contributed by atoms with van der Waals surface area (Å²) in [7, 11) is -4.19. The van der Waals surface area contributed by atoms with Gasteiger partial charge in [-0.25, -0.2) is 12.8 Å². The molecule has 5 rings (SSSR count). The third-order valence-electron chi connectivity index (χ3n) is 8.17. The van der Waals surface area contributed by atoms with Crippen LogP contribution in [0.25, 0.3) is 0 Å². The first kappa shape index (κ1) is 31.9. The van der Waals surface area contributed by atoms with Crippen molar-refractivity contribution in [3.8, 4) is 0 Å². The smallest absolute Gasteiger partial charge is 0.264 e. The Kier molecular flexibility index (Phi) is 10.3. The van der Waals surface area contributed by atoms with Crippen molar-refractivity contribution in [2.45, 2.75) is 62.6 Å². The monoisotopic (exact) mass is 627 g/mol. The van der Waals surface area contributed by atoms with Gasteiger partial charge in [-0.15, -0.1) is 0 Å². The van der Waals surface area contributed by atoms with E-state index >= 15 is 4.39 Å². The van der Waals surface area contributed by atoms with Gasteiger partial charge >= 0.3 is 0 Å². The molecule has 4 aromatic carbocycles. The van der Waals surface area contributed by atoms with E-state index in [9.17, 15) is 18.0 Å². The van der Waals surface area contributed by atoms with E-state index in [-0.39, 0.29) is 35.4 Å². The molecule has 234 valence electrons. The second kappa shape index (κ2) is 14.5. The van der Waals surface area contributed by atoms with Gasteiger partial charge in [-0.3, -0.25) is 13.9 Å². The van der Waals surface area contributed by atoms with Gasteiger partial charge < -0.3 is 10.2 Å². The number of rotatable bonds is 12. The van der Waals surface area contributed by atoms with Gasteiger partial charge in [0, 0.05) is 24.6 Å². The number of hydrogen-bond acceptors (Lipinski definition) is 4. The molecule has 1 N–H and O–H groups in total. The molecule has 1 aliphatic carbocycles. The van der Waals surface area contributed by atoms with Crippen LogP contribution in [0.3, 0.4) is 0 Å². The van der Waals surface area contributed by atoms with E-state index in [4.69, 9.17) is 0 Å². The van der Waals surface area contributed by atoms with Gasteiger partial charge in [0.1, 0.15) is 18.4 Å². The van der Waals surface area contributed by atoms with Crippen LogP contribution < -0.4 is 9.62 Å². The molecule has 1 saturated carbocycles. The number of nitrogens with zero attached hydrogens (tertiary/aromatic N) is 2. The van der Waals surface area contributed by atoms with Crippen molar-refractivity contribution >= 4 is 27.5 Å². The maximum atomic E-state index is 15.1. The molecule has 4 aromatic rings. The zero-order valence-electron chi connectivity index (χ0n) is 25.3. The highest BCUT2D eigenvalue weighted by Crippen LogP contribution is 2.26. The quantitative estimate of drug-likeness (QED) is 0.208. The van der Waals surface area contributed by atoms with Gasteiger partial charge in [0.25, 0.3) is 10.0 Å². The normalized spacial score (nSPS) is 14.1. The fourth-order valence-electron chi connectivity index (χ4n) is 5.76. The average molecular weight is 628 g/mol. The molecular formula is C36H38FN3O4S. The van der Waals surface area contributed by atoms with Gasteiger partial charge in [-0.2, -0.15) is 0 Å². The Labute approximate surface area is 264 Å². The molecule has 0 spiro atoms. The van der Waals surface area contributed by atoms with Crippen molar-refractivity contribution in [2.24, 2.45) is 0 Å². The van der Waals surface area contributed by atoms with E-state index in [0.717, 1.165) is 41.1 Å².